The lowest BCUT2D eigenvalue weighted by molar-refractivity contribution is 0.192. The molecule has 0 spiro atoms. The summed E-state index contributed by atoms with van der Waals surface area (Å²) in [6.07, 6.45) is 24.8. The van der Waals surface area contributed by atoms with E-state index in [1.807, 2.05) is 0 Å². The molecule has 4 aromatic carbocycles. The number of hydrogen-bond acceptors (Lipinski definition) is 8. The number of nitrogens with one attached hydrogen (secondary N) is 2. The number of carbonyl (C=O) groups is 2. The molecule has 12 nitrogen and oxygen atoms in total. The lowest BCUT2D eigenvalue weighted by atomic mass is 9.87. The van der Waals surface area contributed by atoms with Crippen molar-refractivity contribution in [3.8, 4) is 23.0 Å². The van der Waals surface area contributed by atoms with E-state index < -0.39 is 12.2 Å². The van der Waals surface area contributed by atoms with Crippen LogP contribution >= 0.6 is 0 Å². The second kappa shape index (κ2) is 36.7. The Bertz CT molecular complexity index is 2140. The predicted octanol–water partition coefficient (Wildman–Crippen LogP) is 14.4. The normalized spacial score (nSPS) is 12.1. The molecule has 4 aromatic rings. The molecule has 5 rings (SSSR count). The maximum atomic E-state index is 11.6. The molecular formula is C66H100N4O8. The van der Waals surface area contributed by atoms with E-state index in [0.29, 0.717) is 90.9 Å². The number of benzene rings is 4. The van der Waals surface area contributed by atoms with Gasteiger partial charge in [-0.25, -0.2) is 9.59 Å². The first-order valence-corrected chi connectivity index (χ1v) is 30.5. The topological polar surface area (TPSA) is 188 Å². The molecule has 0 heterocycles. The van der Waals surface area contributed by atoms with Crippen LogP contribution in [0.3, 0.4) is 0 Å². The monoisotopic (exact) mass is 1080 g/mol. The third-order valence-corrected chi connectivity index (χ3v) is 14.9. The Morgan fingerprint density at radius 1 is 0.372 bits per heavy atom. The molecule has 78 heavy (non-hydrogen) atoms. The second-order valence-corrected chi connectivity index (χ2v) is 21.8. The van der Waals surface area contributed by atoms with Crippen LogP contribution in [0.25, 0.3) is 0 Å². The summed E-state index contributed by atoms with van der Waals surface area (Å²) in [7, 11) is 0. The molecule has 1 aliphatic carbocycles. The van der Waals surface area contributed by atoms with Gasteiger partial charge in [0.15, 0.2) is 0 Å². The van der Waals surface area contributed by atoms with Crippen LogP contribution in [0.1, 0.15) is 223 Å². The van der Waals surface area contributed by atoms with E-state index in [0.717, 1.165) is 170 Å². The van der Waals surface area contributed by atoms with Crippen molar-refractivity contribution >= 4 is 12.2 Å². The smallest absolute Gasteiger partial charge is 0.404 e. The average molecular weight is 1080 g/mol. The number of unbranched alkanes of at least 4 members (excludes halogenated alkanes) is 12. The number of hydrogen-bond donors (Lipinski definition) is 6. The van der Waals surface area contributed by atoms with Gasteiger partial charge in [0.1, 0.15) is 23.0 Å². The molecule has 0 radical (unpaired) electrons. The van der Waals surface area contributed by atoms with Crippen LogP contribution in [0, 0.1) is 0 Å². The van der Waals surface area contributed by atoms with Crippen molar-refractivity contribution in [2.45, 2.75) is 207 Å². The van der Waals surface area contributed by atoms with Gasteiger partial charge in [-0.05, 0) is 157 Å². The zero-order chi connectivity index (χ0) is 55.7. The molecule has 0 aromatic heterocycles. The summed E-state index contributed by atoms with van der Waals surface area (Å²) in [5.74, 6) is 3.43. The second-order valence-electron chi connectivity index (χ2n) is 21.8. The molecule has 8 bridgehead atoms. The fourth-order valence-corrected chi connectivity index (χ4v) is 10.9. The van der Waals surface area contributed by atoms with Crippen molar-refractivity contribution in [3.05, 3.63) is 115 Å². The van der Waals surface area contributed by atoms with Gasteiger partial charge in [0.05, 0.1) is 26.4 Å². The Hall–Kier alpha value is -5.46. The molecule has 0 saturated heterocycles. The fraction of sp³-hybridized carbons (Fsp3) is 0.606. The van der Waals surface area contributed by atoms with E-state index in [2.05, 4.69) is 86.9 Å². The largest absolute Gasteiger partial charge is 0.493 e. The number of nitrogens with two attached hydrogens (primary N) is 2. The van der Waals surface area contributed by atoms with E-state index in [1.165, 1.54) is 47.9 Å². The fourth-order valence-electron chi connectivity index (χ4n) is 10.9. The van der Waals surface area contributed by atoms with Gasteiger partial charge in [-0.15, -0.1) is 0 Å². The van der Waals surface area contributed by atoms with Crippen molar-refractivity contribution < 1.29 is 38.7 Å². The molecule has 0 atom stereocenters. The summed E-state index contributed by atoms with van der Waals surface area (Å²) >= 11 is 0. The highest BCUT2D eigenvalue weighted by Crippen LogP contribution is 2.42. The Labute approximate surface area is 469 Å². The van der Waals surface area contributed by atoms with Crippen molar-refractivity contribution in [3.63, 3.8) is 0 Å². The summed E-state index contributed by atoms with van der Waals surface area (Å²) in [5.41, 5.74) is 26.2. The third kappa shape index (κ3) is 22.0. The molecule has 0 saturated carbocycles. The summed E-state index contributed by atoms with van der Waals surface area (Å²) in [6.45, 7) is 12.2. The molecule has 12 heteroatoms. The molecule has 1 aliphatic rings. The van der Waals surface area contributed by atoms with Gasteiger partial charge in [-0.1, -0.05) is 153 Å². The van der Waals surface area contributed by atoms with Gasteiger partial charge >= 0.3 is 12.2 Å². The molecule has 432 valence electrons. The number of fused-ring (bicyclic) bond motifs is 8. The quantitative estimate of drug-likeness (QED) is 0.0208. The van der Waals surface area contributed by atoms with Crippen LogP contribution < -0.4 is 41.0 Å². The Kier molecular flexibility index (Phi) is 29.8. The van der Waals surface area contributed by atoms with Gasteiger partial charge in [0.2, 0.25) is 0 Å². The van der Waals surface area contributed by atoms with Crippen LogP contribution in [0.5, 0.6) is 23.0 Å². The van der Waals surface area contributed by atoms with Crippen molar-refractivity contribution in [2.75, 3.05) is 52.6 Å². The number of rotatable bonds is 38. The number of aryl methyl sites for hydroxylation is 4. The van der Waals surface area contributed by atoms with Crippen LogP contribution in [-0.4, -0.2) is 75.0 Å². The Balaban J connectivity index is 1.90. The first kappa shape index (κ1) is 63.4. The summed E-state index contributed by atoms with van der Waals surface area (Å²) in [4.78, 5) is 23.1. The maximum Gasteiger partial charge on any atom is 0.404 e. The number of amides is 2. The molecular weight excluding hydrogens is 977 g/mol. The van der Waals surface area contributed by atoms with E-state index in [-0.39, 0.29) is 13.1 Å². The van der Waals surface area contributed by atoms with Crippen LogP contribution in [0.2, 0.25) is 0 Å². The molecule has 8 N–H and O–H groups in total. The molecule has 0 unspecified atom stereocenters. The van der Waals surface area contributed by atoms with Crippen molar-refractivity contribution in [1.82, 2.24) is 10.6 Å². The highest BCUT2D eigenvalue weighted by molar-refractivity contribution is 5.64. The minimum absolute atomic E-state index is 0.284. The van der Waals surface area contributed by atoms with Crippen molar-refractivity contribution in [2.24, 2.45) is 11.5 Å². The SMILES string of the molecule is CCCCCCc1cc2c(OCCCN)c(c1)Cc1cc(CCCCCC)cc(c1OCCCNC(=O)O)Cc1cc(CCCCCC)cc(c1OCCCN)Cc1cc(CCCCCC)cc(c1OCCCNC(=O)O)C2. The van der Waals surface area contributed by atoms with Gasteiger partial charge in [0.25, 0.3) is 0 Å². The summed E-state index contributed by atoms with van der Waals surface area (Å²) in [5, 5.41) is 24.1. The average Bonchev–Trinajstić information content (AvgIpc) is 3.51. The van der Waals surface area contributed by atoms with Crippen molar-refractivity contribution in [1.29, 1.82) is 0 Å². The number of carboxylic acid groups (broad SMARTS) is 2. The zero-order valence-corrected chi connectivity index (χ0v) is 48.6. The third-order valence-electron chi connectivity index (χ3n) is 14.9. The minimum Gasteiger partial charge on any atom is -0.493 e. The van der Waals surface area contributed by atoms with Gasteiger partial charge in [-0.3, -0.25) is 0 Å². The molecule has 0 fully saturated rings. The first-order valence-electron chi connectivity index (χ1n) is 30.5. The van der Waals surface area contributed by atoms with Gasteiger partial charge in [0, 0.05) is 38.8 Å². The lowest BCUT2D eigenvalue weighted by Crippen LogP contribution is -2.23. The highest BCUT2D eigenvalue weighted by atomic mass is 16.5. The van der Waals surface area contributed by atoms with E-state index in [4.69, 9.17) is 30.4 Å². The zero-order valence-electron chi connectivity index (χ0n) is 48.6. The lowest BCUT2D eigenvalue weighted by Gasteiger charge is -2.25. The van der Waals surface area contributed by atoms with E-state index in [9.17, 15) is 19.8 Å². The Morgan fingerprint density at radius 2 is 0.603 bits per heavy atom. The highest BCUT2D eigenvalue weighted by Gasteiger charge is 2.25. The summed E-state index contributed by atoms with van der Waals surface area (Å²) < 4.78 is 28.1. The molecule has 2 amide bonds. The van der Waals surface area contributed by atoms with E-state index in [1.54, 1.807) is 0 Å². The van der Waals surface area contributed by atoms with Crippen LogP contribution in [0.15, 0.2) is 48.5 Å². The van der Waals surface area contributed by atoms with Crippen LogP contribution in [-0.2, 0) is 51.4 Å². The number of ether oxygens (including phenoxy) is 4. The summed E-state index contributed by atoms with van der Waals surface area (Å²) in [6, 6.07) is 19.0. The first-order chi connectivity index (χ1) is 38.1. The van der Waals surface area contributed by atoms with Crippen LogP contribution in [0.4, 0.5) is 9.59 Å². The van der Waals surface area contributed by atoms with E-state index >= 15 is 0 Å². The van der Waals surface area contributed by atoms with Gasteiger partial charge in [-0.2, -0.15) is 0 Å². The maximum absolute atomic E-state index is 11.6. The molecule has 0 aliphatic heterocycles. The minimum atomic E-state index is -1.04. The van der Waals surface area contributed by atoms with Gasteiger partial charge < -0.3 is 51.3 Å². The Morgan fingerprint density at radius 3 is 0.808 bits per heavy atom. The standard InChI is InChI=1S/C66H100N4O8/c1-5-9-13-17-25-49-37-53-45-57-41-51(27-19-15-11-7-3)43-59(63(57)77-35-23-31-69-65(71)72)47-55-39-50(26-18-14-10-6-2)40-56(62(55)76-34-22-30-68)48-60-44-52(28-20-16-12-8-4)42-58(64(60)78-36-24-32-70-66(73)74)46-54(38-49)61(53)75-33-21-29-67/h37-44,69-70H,5-36,45-48,67-68H2,1-4H3,(H,71,72)(H,73,74). The predicted molar refractivity (Wildman–Crippen MR) is 319 cm³/mol.